The van der Waals surface area contributed by atoms with E-state index in [1.807, 2.05) is 0 Å². The van der Waals surface area contributed by atoms with E-state index in [4.69, 9.17) is 5.11 Å². The van der Waals surface area contributed by atoms with E-state index in [2.05, 4.69) is 0 Å². The largest absolute Gasteiger partial charge is 0.481 e. The molecule has 0 aromatic heterocycles. The summed E-state index contributed by atoms with van der Waals surface area (Å²) >= 11 is 0. The molecule has 2 rings (SSSR count). The zero-order valence-electron chi connectivity index (χ0n) is 11.8. The molecular formula is C15H13F2NO4S. The summed E-state index contributed by atoms with van der Waals surface area (Å²) in [6, 6.07) is 8.90. The van der Waals surface area contributed by atoms with Crippen LogP contribution in [0.2, 0.25) is 0 Å². The SMILES string of the molecule is O=C(O)CCN(c1cccc(F)c1)S(=O)(=O)c1ccc(F)cc1. The first-order chi connectivity index (χ1) is 10.8. The van der Waals surface area contributed by atoms with Crippen molar-refractivity contribution in [2.75, 3.05) is 10.8 Å². The fourth-order valence-electron chi connectivity index (χ4n) is 1.95. The number of hydrogen-bond donors (Lipinski definition) is 1. The zero-order chi connectivity index (χ0) is 17.0. The van der Waals surface area contributed by atoms with Crippen LogP contribution in [0.25, 0.3) is 0 Å². The number of nitrogens with zero attached hydrogens (tertiary/aromatic N) is 1. The molecule has 1 N–H and O–H groups in total. The summed E-state index contributed by atoms with van der Waals surface area (Å²) in [5.41, 5.74) is -0.00410. The Morgan fingerprint density at radius 1 is 1.04 bits per heavy atom. The van der Waals surface area contributed by atoms with Gasteiger partial charge in [-0.3, -0.25) is 9.10 Å². The molecule has 0 aliphatic carbocycles. The Hall–Kier alpha value is -2.48. The highest BCUT2D eigenvalue weighted by molar-refractivity contribution is 7.92. The molecule has 0 saturated heterocycles. The number of sulfonamides is 1. The smallest absolute Gasteiger partial charge is 0.305 e. The average molecular weight is 341 g/mol. The summed E-state index contributed by atoms with van der Waals surface area (Å²) in [5, 5.41) is 8.79. The van der Waals surface area contributed by atoms with Gasteiger partial charge in [0.25, 0.3) is 10.0 Å². The van der Waals surface area contributed by atoms with Crippen LogP contribution < -0.4 is 4.31 Å². The van der Waals surface area contributed by atoms with Crippen LogP contribution in [0.3, 0.4) is 0 Å². The lowest BCUT2D eigenvalue weighted by Crippen LogP contribution is -2.33. The van der Waals surface area contributed by atoms with Crippen molar-refractivity contribution >= 4 is 21.7 Å². The highest BCUT2D eigenvalue weighted by Gasteiger charge is 2.25. The Labute approximate surface area is 131 Å². The first kappa shape index (κ1) is 16.9. The van der Waals surface area contributed by atoms with Gasteiger partial charge in [-0.1, -0.05) is 6.07 Å². The molecule has 0 radical (unpaired) electrons. The Balaban J connectivity index is 2.47. The standard InChI is InChI=1S/C15H13F2NO4S/c16-11-4-6-14(7-5-11)23(21,22)18(9-8-15(19)20)13-3-1-2-12(17)10-13/h1-7,10H,8-9H2,(H,19,20). The highest BCUT2D eigenvalue weighted by Crippen LogP contribution is 2.24. The normalized spacial score (nSPS) is 11.2. The number of hydrogen-bond acceptors (Lipinski definition) is 3. The molecule has 0 fully saturated rings. The number of halogens is 2. The van der Waals surface area contributed by atoms with E-state index in [0.717, 1.165) is 40.7 Å². The maximum atomic E-state index is 13.4. The molecule has 8 heteroatoms. The minimum atomic E-state index is -4.15. The third kappa shape index (κ3) is 4.04. The van der Waals surface area contributed by atoms with Crippen LogP contribution in [0.1, 0.15) is 6.42 Å². The minimum absolute atomic E-state index is 0.00410. The van der Waals surface area contributed by atoms with Crippen LogP contribution in [-0.4, -0.2) is 26.0 Å². The molecule has 0 amide bonds. The topological polar surface area (TPSA) is 74.7 Å². The number of carbonyl (C=O) groups is 1. The lowest BCUT2D eigenvalue weighted by molar-refractivity contribution is -0.136. The molecule has 23 heavy (non-hydrogen) atoms. The Kier molecular flexibility index (Phi) is 4.95. The van der Waals surface area contributed by atoms with Crippen molar-refractivity contribution in [3.63, 3.8) is 0 Å². The van der Waals surface area contributed by atoms with Gasteiger partial charge in [-0.15, -0.1) is 0 Å². The van der Waals surface area contributed by atoms with Crippen LogP contribution in [0.4, 0.5) is 14.5 Å². The molecule has 0 heterocycles. The van der Waals surface area contributed by atoms with Gasteiger partial charge in [0.15, 0.2) is 0 Å². The third-order valence-corrected chi connectivity index (χ3v) is 4.87. The quantitative estimate of drug-likeness (QED) is 0.876. The average Bonchev–Trinajstić information content (AvgIpc) is 2.47. The van der Waals surface area contributed by atoms with Gasteiger partial charge >= 0.3 is 5.97 Å². The first-order valence-electron chi connectivity index (χ1n) is 6.56. The summed E-state index contributed by atoms with van der Waals surface area (Å²) in [5.74, 6) is -2.45. The van der Waals surface area contributed by atoms with Crippen molar-refractivity contribution in [2.24, 2.45) is 0 Å². The summed E-state index contributed by atoms with van der Waals surface area (Å²) in [6.45, 7) is -0.376. The van der Waals surface area contributed by atoms with Crippen LogP contribution >= 0.6 is 0 Å². The molecule has 2 aromatic rings. The van der Waals surface area contributed by atoms with Gasteiger partial charge in [0.05, 0.1) is 17.0 Å². The van der Waals surface area contributed by atoms with Crippen molar-refractivity contribution in [3.05, 3.63) is 60.2 Å². The number of carboxylic acid groups (broad SMARTS) is 1. The minimum Gasteiger partial charge on any atom is -0.481 e. The lowest BCUT2D eigenvalue weighted by Gasteiger charge is -2.24. The molecule has 0 bridgehead atoms. The van der Waals surface area contributed by atoms with Crippen LogP contribution in [0.5, 0.6) is 0 Å². The van der Waals surface area contributed by atoms with E-state index < -0.39 is 34.0 Å². The molecule has 0 aliphatic heterocycles. The summed E-state index contributed by atoms with van der Waals surface area (Å²) in [6.07, 6.45) is -0.461. The van der Waals surface area contributed by atoms with Gasteiger partial charge in [-0.2, -0.15) is 0 Å². The van der Waals surface area contributed by atoms with Gasteiger partial charge in [0.2, 0.25) is 0 Å². The third-order valence-electron chi connectivity index (χ3n) is 3.03. The molecule has 0 unspecified atom stereocenters. The van der Waals surface area contributed by atoms with Crippen molar-refractivity contribution < 1.29 is 27.1 Å². The van der Waals surface area contributed by atoms with Crippen LogP contribution in [0, 0.1) is 11.6 Å². The fourth-order valence-corrected chi connectivity index (χ4v) is 3.41. The van der Waals surface area contributed by atoms with Crippen LogP contribution in [0.15, 0.2) is 53.4 Å². The molecule has 5 nitrogen and oxygen atoms in total. The second kappa shape index (κ2) is 6.74. The summed E-state index contributed by atoms with van der Waals surface area (Å²) < 4.78 is 52.5. The summed E-state index contributed by atoms with van der Waals surface area (Å²) in [7, 11) is -4.15. The van der Waals surface area contributed by atoms with Gasteiger partial charge in [-0.05, 0) is 42.5 Å². The van der Waals surface area contributed by atoms with E-state index in [1.165, 1.54) is 12.1 Å². The van der Waals surface area contributed by atoms with Crippen molar-refractivity contribution in [2.45, 2.75) is 11.3 Å². The molecule has 0 saturated carbocycles. The Morgan fingerprint density at radius 3 is 2.26 bits per heavy atom. The number of benzene rings is 2. The Bertz CT molecular complexity index is 806. The van der Waals surface area contributed by atoms with Crippen molar-refractivity contribution in [1.29, 1.82) is 0 Å². The second-order valence-corrected chi connectivity index (χ2v) is 6.52. The van der Waals surface area contributed by atoms with Crippen molar-refractivity contribution in [3.8, 4) is 0 Å². The maximum absolute atomic E-state index is 13.4. The number of rotatable bonds is 6. The maximum Gasteiger partial charge on any atom is 0.305 e. The second-order valence-electron chi connectivity index (χ2n) is 4.65. The first-order valence-corrected chi connectivity index (χ1v) is 8.00. The van der Waals surface area contributed by atoms with E-state index in [9.17, 15) is 22.0 Å². The molecule has 0 atom stereocenters. The molecular weight excluding hydrogens is 328 g/mol. The molecule has 122 valence electrons. The number of carboxylic acids is 1. The number of aliphatic carboxylic acids is 1. The summed E-state index contributed by atoms with van der Waals surface area (Å²) in [4.78, 5) is 10.6. The fraction of sp³-hybridized carbons (Fsp3) is 0.133. The van der Waals surface area contributed by atoms with Gasteiger partial charge in [-0.25, -0.2) is 17.2 Å². The van der Waals surface area contributed by atoms with Gasteiger partial charge < -0.3 is 5.11 Å². The van der Waals surface area contributed by atoms with E-state index in [1.54, 1.807) is 0 Å². The predicted octanol–water partition coefficient (Wildman–Crippen LogP) is 2.63. The van der Waals surface area contributed by atoms with E-state index >= 15 is 0 Å². The van der Waals surface area contributed by atoms with Crippen molar-refractivity contribution in [1.82, 2.24) is 0 Å². The Morgan fingerprint density at radius 2 is 1.70 bits per heavy atom. The monoisotopic (exact) mass is 341 g/mol. The molecule has 0 spiro atoms. The zero-order valence-corrected chi connectivity index (χ0v) is 12.6. The highest BCUT2D eigenvalue weighted by atomic mass is 32.2. The number of anilines is 1. The lowest BCUT2D eigenvalue weighted by atomic mass is 10.3. The van der Waals surface area contributed by atoms with Crippen LogP contribution in [-0.2, 0) is 14.8 Å². The van der Waals surface area contributed by atoms with E-state index in [-0.39, 0.29) is 17.1 Å². The molecule has 0 aliphatic rings. The molecule has 2 aromatic carbocycles. The van der Waals surface area contributed by atoms with E-state index in [0.29, 0.717) is 0 Å². The van der Waals surface area contributed by atoms with Gasteiger partial charge in [0.1, 0.15) is 11.6 Å². The van der Waals surface area contributed by atoms with Gasteiger partial charge in [0, 0.05) is 6.54 Å². The predicted molar refractivity (Wildman–Crippen MR) is 79.6 cm³/mol.